The van der Waals surface area contributed by atoms with E-state index >= 15 is 0 Å². The summed E-state index contributed by atoms with van der Waals surface area (Å²) in [7, 11) is 1.20. The average molecular weight is 192 g/mol. The van der Waals surface area contributed by atoms with Gasteiger partial charge in [-0.05, 0) is 0 Å². The van der Waals surface area contributed by atoms with Crippen molar-refractivity contribution >= 4 is 5.97 Å². The molecule has 1 fully saturated rings. The number of aliphatic hydroxyl groups is 2. The topological polar surface area (TPSA) is 66.8 Å². The Morgan fingerprint density at radius 2 is 2.15 bits per heavy atom. The number of carbonyl (C=O) groups is 1. The number of ether oxygens (including phenoxy) is 1. The lowest BCUT2D eigenvalue weighted by molar-refractivity contribution is -0.143. The Balaban J connectivity index is 2.53. The normalized spacial score (nSPS) is 39.1. The third-order valence-electron chi connectivity index (χ3n) is 2.38. The van der Waals surface area contributed by atoms with Crippen LogP contribution in [0.2, 0.25) is 0 Å². The van der Waals surface area contributed by atoms with Crippen LogP contribution in [0.1, 0.15) is 12.8 Å². The molecule has 5 heteroatoms. The third-order valence-corrected chi connectivity index (χ3v) is 2.38. The SMILES string of the molecule is COC(=O)C[C@H]1[C@@H](F)[C@H](O)C[C@@H]1O. The van der Waals surface area contributed by atoms with Crippen molar-refractivity contribution in [1.29, 1.82) is 0 Å². The molecule has 1 rings (SSSR count). The van der Waals surface area contributed by atoms with Gasteiger partial charge >= 0.3 is 5.97 Å². The van der Waals surface area contributed by atoms with Crippen molar-refractivity contribution in [2.75, 3.05) is 7.11 Å². The standard InChI is InChI=1S/C8H13FO4/c1-13-7(12)2-4-5(10)3-6(11)8(4)9/h4-6,8,10-11H,2-3H2,1H3/t4-,5+,6-,8-/m1/s1. The molecule has 1 aliphatic carbocycles. The minimum absolute atomic E-state index is 0.0111. The first kappa shape index (κ1) is 10.4. The van der Waals surface area contributed by atoms with Crippen molar-refractivity contribution in [3.05, 3.63) is 0 Å². The maximum atomic E-state index is 13.1. The third kappa shape index (κ3) is 2.16. The van der Waals surface area contributed by atoms with E-state index in [1.807, 2.05) is 0 Å². The zero-order chi connectivity index (χ0) is 10.0. The van der Waals surface area contributed by atoms with Gasteiger partial charge in [0.05, 0.1) is 25.7 Å². The van der Waals surface area contributed by atoms with Gasteiger partial charge in [-0.25, -0.2) is 4.39 Å². The zero-order valence-electron chi connectivity index (χ0n) is 7.31. The molecule has 0 aromatic heterocycles. The highest BCUT2D eigenvalue weighted by molar-refractivity contribution is 5.69. The predicted octanol–water partition coefficient (Wildman–Crippen LogP) is -0.371. The van der Waals surface area contributed by atoms with Crippen molar-refractivity contribution in [2.45, 2.75) is 31.2 Å². The smallest absolute Gasteiger partial charge is 0.305 e. The number of hydrogen-bond acceptors (Lipinski definition) is 4. The number of alkyl halides is 1. The summed E-state index contributed by atoms with van der Waals surface area (Å²) in [5.74, 6) is -1.40. The fourth-order valence-electron chi connectivity index (χ4n) is 1.57. The van der Waals surface area contributed by atoms with Gasteiger partial charge in [-0.15, -0.1) is 0 Å². The highest BCUT2D eigenvalue weighted by atomic mass is 19.1. The quantitative estimate of drug-likeness (QED) is 0.586. The van der Waals surface area contributed by atoms with Crippen LogP contribution in [-0.2, 0) is 9.53 Å². The van der Waals surface area contributed by atoms with E-state index < -0.39 is 30.3 Å². The molecule has 1 saturated carbocycles. The molecular weight excluding hydrogens is 179 g/mol. The van der Waals surface area contributed by atoms with E-state index in [9.17, 15) is 14.3 Å². The first-order valence-corrected chi connectivity index (χ1v) is 4.13. The van der Waals surface area contributed by atoms with E-state index in [2.05, 4.69) is 4.74 Å². The number of methoxy groups -OCH3 is 1. The van der Waals surface area contributed by atoms with Crippen LogP contribution in [0, 0.1) is 5.92 Å². The van der Waals surface area contributed by atoms with Gasteiger partial charge in [-0.1, -0.05) is 0 Å². The summed E-state index contributed by atoms with van der Waals surface area (Å²) >= 11 is 0. The Bertz CT molecular complexity index is 197. The molecule has 0 unspecified atom stereocenters. The molecular formula is C8H13FO4. The summed E-state index contributed by atoms with van der Waals surface area (Å²) in [5, 5.41) is 18.3. The molecule has 2 N–H and O–H groups in total. The molecule has 0 spiro atoms. The van der Waals surface area contributed by atoms with Crippen LogP contribution in [0.4, 0.5) is 4.39 Å². The molecule has 0 heterocycles. The van der Waals surface area contributed by atoms with E-state index in [0.29, 0.717) is 0 Å². The van der Waals surface area contributed by atoms with Gasteiger partial charge in [0.1, 0.15) is 6.17 Å². The number of carbonyl (C=O) groups excluding carboxylic acids is 1. The van der Waals surface area contributed by atoms with E-state index in [-0.39, 0.29) is 12.8 Å². The summed E-state index contributed by atoms with van der Waals surface area (Å²) in [6, 6.07) is 0. The lowest BCUT2D eigenvalue weighted by Crippen LogP contribution is -2.26. The van der Waals surface area contributed by atoms with E-state index in [0.717, 1.165) is 0 Å². The predicted molar refractivity (Wildman–Crippen MR) is 41.6 cm³/mol. The van der Waals surface area contributed by atoms with Crippen LogP contribution in [0.15, 0.2) is 0 Å². The number of aliphatic hydroxyl groups excluding tert-OH is 2. The summed E-state index contributed by atoms with van der Waals surface area (Å²) < 4.78 is 17.5. The van der Waals surface area contributed by atoms with Crippen LogP contribution in [0.25, 0.3) is 0 Å². The minimum atomic E-state index is -1.53. The van der Waals surface area contributed by atoms with E-state index in [1.54, 1.807) is 0 Å². The summed E-state index contributed by atoms with van der Waals surface area (Å²) in [6.45, 7) is 0. The Morgan fingerprint density at radius 3 is 2.54 bits per heavy atom. The Hall–Kier alpha value is -0.680. The number of rotatable bonds is 2. The number of esters is 1. The van der Waals surface area contributed by atoms with Crippen LogP contribution in [0.3, 0.4) is 0 Å². The first-order valence-electron chi connectivity index (χ1n) is 4.13. The van der Waals surface area contributed by atoms with Crippen molar-refractivity contribution in [1.82, 2.24) is 0 Å². The van der Waals surface area contributed by atoms with Crippen molar-refractivity contribution < 1.29 is 24.1 Å². The molecule has 0 amide bonds. The van der Waals surface area contributed by atoms with Crippen molar-refractivity contribution in [3.63, 3.8) is 0 Å². The molecule has 0 aromatic rings. The monoisotopic (exact) mass is 192 g/mol. The molecule has 0 aliphatic heterocycles. The maximum Gasteiger partial charge on any atom is 0.305 e. The Morgan fingerprint density at radius 1 is 1.54 bits per heavy atom. The second-order valence-electron chi connectivity index (χ2n) is 3.26. The summed E-state index contributed by atoms with van der Waals surface area (Å²) in [6.07, 6.45) is -3.85. The largest absolute Gasteiger partial charge is 0.469 e. The fraction of sp³-hybridized carbons (Fsp3) is 0.875. The summed E-state index contributed by atoms with van der Waals surface area (Å²) in [5.41, 5.74) is 0. The number of hydrogen-bond donors (Lipinski definition) is 2. The van der Waals surface area contributed by atoms with Gasteiger partial charge in [-0.3, -0.25) is 4.79 Å². The Labute approximate surface area is 75.3 Å². The van der Waals surface area contributed by atoms with E-state index in [4.69, 9.17) is 5.11 Å². The molecule has 4 atom stereocenters. The molecule has 0 aromatic carbocycles. The minimum Gasteiger partial charge on any atom is -0.469 e. The second kappa shape index (κ2) is 4.02. The first-order chi connectivity index (χ1) is 6.06. The lowest BCUT2D eigenvalue weighted by Gasteiger charge is -2.14. The molecule has 76 valence electrons. The van der Waals surface area contributed by atoms with Crippen LogP contribution < -0.4 is 0 Å². The van der Waals surface area contributed by atoms with Crippen LogP contribution >= 0.6 is 0 Å². The molecule has 0 bridgehead atoms. The zero-order valence-corrected chi connectivity index (χ0v) is 7.31. The van der Waals surface area contributed by atoms with E-state index in [1.165, 1.54) is 7.11 Å². The van der Waals surface area contributed by atoms with Crippen molar-refractivity contribution in [2.24, 2.45) is 5.92 Å². The van der Waals surface area contributed by atoms with Gasteiger partial charge in [0.2, 0.25) is 0 Å². The molecule has 1 aliphatic rings. The van der Waals surface area contributed by atoms with Crippen molar-refractivity contribution in [3.8, 4) is 0 Å². The highest BCUT2D eigenvalue weighted by Crippen LogP contribution is 2.31. The van der Waals surface area contributed by atoms with Gasteiger partial charge in [0, 0.05) is 12.3 Å². The fourth-order valence-corrected chi connectivity index (χ4v) is 1.57. The van der Waals surface area contributed by atoms with Crippen LogP contribution in [-0.4, -0.2) is 41.7 Å². The maximum absolute atomic E-state index is 13.1. The molecule has 4 nitrogen and oxygen atoms in total. The van der Waals surface area contributed by atoms with Gasteiger partial charge in [-0.2, -0.15) is 0 Å². The second-order valence-corrected chi connectivity index (χ2v) is 3.26. The highest BCUT2D eigenvalue weighted by Gasteiger charge is 2.43. The number of halogens is 1. The van der Waals surface area contributed by atoms with Crippen LogP contribution in [0.5, 0.6) is 0 Å². The average Bonchev–Trinajstić information content (AvgIpc) is 2.32. The molecule has 13 heavy (non-hydrogen) atoms. The Kier molecular flexibility index (Phi) is 3.22. The van der Waals surface area contributed by atoms with Gasteiger partial charge in [0.15, 0.2) is 0 Å². The van der Waals surface area contributed by atoms with Gasteiger partial charge in [0.25, 0.3) is 0 Å². The summed E-state index contributed by atoms with van der Waals surface area (Å²) in [4.78, 5) is 10.8. The molecule has 0 radical (unpaired) electrons. The lowest BCUT2D eigenvalue weighted by atomic mass is 10.0. The van der Waals surface area contributed by atoms with Gasteiger partial charge < -0.3 is 14.9 Å². The molecule has 0 saturated heterocycles.